The van der Waals surface area contributed by atoms with E-state index in [0.717, 1.165) is 0 Å². The molecule has 0 bridgehead atoms. The molecule has 0 unspecified atom stereocenters. The zero-order chi connectivity index (χ0) is 7.56. The SMILES string of the molecule is NCC(=O)N1CC[C@@H](O)C1. The molecule has 1 fully saturated rings. The highest BCUT2D eigenvalue weighted by Crippen LogP contribution is 2.07. The van der Waals surface area contributed by atoms with Crippen LogP contribution >= 0.6 is 0 Å². The molecular formula is C6H12N2O2. The molecule has 0 saturated carbocycles. The van der Waals surface area contributed by atoms with Gasteiger partial charge in [0.25, 0.3) is 0 Å². The molecule has 58 valence electrons. The second-order valence-electron chi connectivity index (χ2n) is 2.49. The molecule has 1 aliphatic rings. The highest BCUT2D eigenvalue weighted by atomic mass is 16.3. The van der Waals surface area contributed by atoms with Gasteiger partial charge in [0.05, 0.1) is 12.6 Å². The molecule has 1 heterocycles. The third-order valence-corrected chi connectivity index (χ3v) is 1.69. The zero-order valence-electron chi connectivity index (χ0n) is 5.79. The van der Waals surface area contributed by atoms with Crippen molar-refractivity contribution in [2.24, 2.45) is 5.73 Å². The van der Waals surface area contributed by atoms with Crippen LogP contribution in [0.3, 0.4) is 0 Å². The first-order valence-corrected chi connectivity index (χ1v) is 3.40. The summed E-state index contributed by atoms with van der Waals surface area (Å²) in [5, 5.41) is 9.01. The Balaban J connectivity index is 2.37. The van der Waals surface area contributed by atoms with E-state index in [1.807, 2.05) is 0 Å². The summed E-state index contributed by atoms with van der Waals surface area (Å²) in [5.41, 5.74) is 5.12. The van der Waals surface area contributed by atoms with E-state index in [9.17, 15) is 4.79 Å². The van der Waals surface area contributed by atoms with Crippen LogP contribution in [0.4, 0.5) is 0 Å². The van der Waals surface area contributed by atoms with Gasteiger partial charge in [-0.1, -0.05) is 0 Å². The Labute approximate surface area is 59.6 Å². The summed E-state index contributed by atoms with van der Waals surface area (Å²) in [7, 11) is 0. The lowest BCUT2D eigenvalue weighted by molar-refractivity contribution is -0.128. The molecular weight excluding hydrogens is 132 g/mol. The van der Waals surface area contributed by atoms with Crippen molar-refractivity contribution in [3.63, 3.8) is 0 Å². The lowest BCUT2D eigenvalue weighted by Gasteiger charge is -2.13. The molecule has 0 aromatic rings. The van der Waals surface area contributed by atoms with E-state index < -0.39 is 0 Å². The van der Waals surface area contributed by atoms with Crippen molar-refractivity contribution in [1.29, 1.82) is 0 Å². The molecule has 0 aliphatic carbocycles. The zero-order valence-corrected chi connectivity index (χ0v) is 5.79. The second-order valence-corrected chi connectivity index (χ2v) is 2.49. The summed E-state index contributed by atoms with van der Waals surface area (Å²) in [6, 6.07) is 0. The van der Waals surface area contributed by atoms with Crippen molar-refractivity contribution in [3.05, 3.63) is 0 Å². The topological polar surface area (TPSA) is 66.6 Å². The molecule has 0 radical (unpaired) electrons. The monoisotopic (exact) mass is 144 g/mol. The number of aliphatic hydroxyl groups excluding tert-OH is 1. The second kappa shape index (κ2) is 2.98. The first-order chi connectivity index (χ1) is 4.74. The Morgan fingerprint density at radius 1 is 1.80 bits per heavy atom. The number of likely N-dealkylation sites (tertiary alicyclic amines) is 1. The van der Waals surface area contributed by atoms with Gasteiger partial charge >= 0.3 is 0 Å². The number of amides is 1. The van der Waals surface area contributed by atoms with Gasteiger partial charge in [0, 0.05) is 13.1 Å². The van der Waals surface area contributed by atoms with Gasteiger partial charge in [-0.2, -0.15) is 0 Å². The van der Waals surface area contributed by atoms with Crippen LogP contribution in [-0.4, -0.2) is 41.7 Å². The van der Waals surface area contributed by atoms with Crippen molar-refractivity contribution >= 4 is 5.91 Å². The fourth-order valence-corrected chi connectivity index (χ4v) is 1.10. The summed E-state index contributed by atoms with van der Waals surface area (Å²) >= 11 is 0. The van der Waals surface area contributed by atoms with Gasteiger partial charge in [-0.25, -0.2) is 0 Å². The van der Waals surface area contributed by atoms with E-state index in [0.29, 0.717) is 19.5 Å². The van der Waals surface area contributed by atoms with Crippen molar-refractivity contribution < 1.29 is 9.90 Å². The minimum atomic E-state index is -0.338. The molecule has 1 saturated heterocycles. The number of β-amino-alcohol motifs (C(OH)–C–C–N with tert-alkyl or cyclic N) is 1. The van der Waals surface area contributed by atoms with Crippen LogP contribution in [0.25, 0.3) is 0 Å². The van der Waals surface area contributed by atoms with E-state index in [2.05, 4.69) is 0 Å². The average molecular weight is 144 g/mol. The minimum Gasteiger partial charge on any atom is -0.391 e. The first-order valence-electron chi connectivity index (χ1n) is 3.40. The molecule has 1 rings (SSSR count). The van der Waals surface area contributed by atoms with Gasteiger partial charge in [0.15, 0.2) is 0 Å². The van der Waals surface area contributed by atoms with E-state index in [4.69, 9.17) is 10.8 Å². The summed E-state index contributed by atoms with van der Waals surface area (Å²) < 4.78 is 0. The van der Waals surface area contributed by atoms with Crippen LogP contribution in [0, 0.1) is 0 Å². The molecule has 3 N–H and O–H groups in total. The maximum absolute atomic E-state index is 10.8. The van der Waals surface area contributed by atoms with Crippen LogP contribution in [-0.2, 0) is 4.79 Å². The molecule has 0 aromatic heterocycles. The van der Waals surface area contributed by atoms with E-state index in [-0.39, 0.29) is 18.6 Å². The fourth-order valence-electron chi connectivity index (χ4n) is 1.10. The van der Waals surface area contributed by atoms with Crippen molar-refractivity contribution in [1.82, 2.24) is 4.90 Å². The van der Waals surface area contributed by atoms with Gasteiger partial charge in [0.1, 0.15) is 0 Å². The van der Waals surface area contributed by atoms with E-state index in [1.54, 1.807) is 4.90 Å². The Morgan fingerprint density at radius 3 is 2.90 bits per heavy atom. The predicted molar refractivity (Wildman–Crippen MR) is 36.3 cm³/mol. The summed E-state index contributed by atoms with van der Waals surface area (Å²) in [6.07, 6.45) is 0.349. The number of rotatable bonds is 1. The van der Waals surface area contributed by atoms with Crippen molar-refractivity contribution in [3.8, 4) is 0 Å². The third-order valence-electron chi connectivity index (χ3n) is 1.69. The number of aliphatic hydroxyl groups is 1. The average Bonchev–Trinajstić information content (AvgIpc) is 2.34. The maximum atomic E-state index is 10.8. The largest absolute Gasteiger partial charge is 0.391 e. The van der Waals surface area contributed by atoms with Gasteiger partial charge in [-0.3, -0.25) is 4.79 Å². The third kappa shape index (κ3) is 1.46. The number of nitrogens with two attached hydrogens (primary N) is 1. The molecule has 1 atom stereocenters. The van der Waals surface area contributed by atoms with Crippen molar-refractivity contribution in [2.75, 3.05) is 19.6 Å². The van der Waals surface area contributed by atoms with Crippen molar-refractivity contribution in [2.45, 2.75) is 12.5 Å². The Kier molecular flexibility index (Phi) is 2.24. The highest BCUT2D eigenvalue weighted by Gasteiger charge is 2.22. The normalized spacial score (nSPS) is 25.4. The molecule has 4 heteroatoms. The highest BCUT2D eigenvalue weighted by molar-refractivity contribution is 5.78. The molecule has 1 amide bonds. The molecule has 10 heavy (non-hydrogen) atoms. The first kappa shape index (κ1) is 7.50. The minimum absolute atomic E-state index is 0.0483. The smallest absolute Gasteiger partial charge is 0.236 e. The number of carbonyl (C=O) groups is 1. The predicted octanol–water partition coefficient (Wildman–Crippen LogP) is -1.46. The van der Waals surface area contributed by atoms with Crippen LogP contribution in [0.15, 0.2) is 0 Å². The van der Waals surface area contributed by atoms with Crippen LogP contribution in [0.2, 0.25) is 0 Å². The molecule has 0 spiro atoms. The Morgan fingerprint density at radius 2 is 2.50 bits per heavy atom. The number of nitrogens with zero attached hydrogens (tertiary/aromatic N) is 1. The van der Waals surface area contributed by atoms with E-state index >= 15 is 0 Å². The quantitative estimate of drug-likeness (QED) is 0.472. The van der Waals surface area contributed by atoms with Crippen LogP contribution in [0.5, 0.6) is 0 Å². The maximum Gasteiger partial charge on any atom is 0.236 e. The van der Waals surface area contributed by atoms with Gasteiger partial charge < -0.3 is 15.7 Å². The van der Waals surface area contributed by atoms with Crippen LogP contribution < -0.4 is 5.73 Å². The summed E-state index contributed by atoms with van der Waals surface area (Å²) in [4.78, 5) is 12.4. The summed E-state index contributed by atoms with van der Waals surface area (Å²) in [5.74, 6) is -0.0726. The number of hydrogen-bond acceptors (Lipinski definition) is 3. The molecule has 0 aromatic carbocycles. The molecule has 1 aliphatic heterocycles. The van der Waals surface area contributed by atoms with Gasteiger partial charge in [-0.15, -0.1) is 0 Å². The van der Waals surface area contributed by atoms with Gasteiger partial charge in [-0.05, 0) is 6.42 Å². The number of carbonyl (C=O) groups excluding carboxylic acids is 1. The lowest BCUT2D eigenvalue weighted by atomic mass is 10.3. The standard InChI is InChI=1S/C6H12N2O2/c7-3-6(10)8-2-1-5(9)4-8/h5,9H,1-4,7H2/t5-/m1/s1. The lowest BCUT2D eigenvalue weighted by Crippen LogP contribution is -2.34. The van der Waals surface area contributed by atoms with Crippen LogP contribution in [0.1, 0.15) is 6.42 Å². The Bertz CT molecular complexity index is 138. The number of hydrogen-bond donors (Lipinski definition) is 2. The van der Waals surface area contributed by atoms with Gasteiger partial charge in [0.2, 0.25) is 5.91 Å². The summed E-state index contributed by atoms with van der Waals surface area (Å²) in [6.45, 7) is 1.15. The molecule has 4 nitrogen and oxygen atoms in total. The van der Waals surface area contributed by atoms with E-state index in [1.165, 1.54) is 0 Å². The fraction of sp³-hybridized carbons (Fsp3) is 0.833. The Hall–Kier alpha value is -0.610.